The number of carbonyl (C=O) groups excluding carboxylic acids is 1. The van der Waals surface area contributed by atoms with Gasteiger partial charge in [0.25, 0.3) is 0 Å². The summed E-state index contributed by atoms with van der Waals surface area (Å²) in [4.78, 5) is 12.6. The normalized spacial score (nSPS) is 42.1. The maximum atomic E-state index is 12.6. The first-order valence-corrected chi connectivity index (χ1v) is 12.9. The van der Waals surface area contributed by atoms with Gasteiger partial charge in [0.05, 0.1) is 12.2 Å². The zero-order valence-corrected chi connectivity index (χ0v) is 20.7. The lowest BCUT2D eigenvalue weighted by atomic mass is 9.41. The molecule has 6 atom stereocenters. The Labute approximate surface area is 199 Å². The number of esters is 1. The largest absolute Gasteiger partial charge is 0.462 e. The molecule has 0 aromatic heterocycles. The summed E-state index contributed by atoms with van der Waals surface area (Å²) in [7, 11) is 0. The Balaban J connectivity index is 1.29. The third kappa shape index (κ3) is 3.71. The van der Waals surface area contributed by atoms with Crippen molar-refractivity contribution < 1.29 is 14.6 Å². The molecule has 0 saturated heterocycles. The molecule has 1 spiro atoms. The summed E-state index contributed by atoms with van der Waals surface area (Å²) in [6.45, 7) is 11.7. The standard InChI is InChI=1S/C30H40O3/c1-21-6-8-23(9-7-21)10-11-26(31)33-20-27(3)14-5-15-28(4)24(27)12-16-29-18-22(2)30(32,19-29)17-13-25(28)29/h6-11,24-25,32H,2,5,12-20H2,1,3-4H3/b11-10+/t24-,25+,27-,28-,29-,30+/m0/s1. The molecular formula is C30H40O3. The zero-order chi connectivity index (χ0) is 23.5. The van der Waals surface area contributed by atoms with Gasteiger partial charge in [0.2, 0.25) is 0 Å². The van der Waals surface area contributed by atoms with E-state index in [9.17, 15) is 9.90 Å². The van der Waals surface area contributed by atoms with Crippen molar-refractivity contribution in [3.8, 4) is 0 Å². The molecule has 1 aromatic carbocycles. The molecule has 4 aliphatic rings. The van der Waals surface area contributed by atoms with Gasteiger partial charge >= 0.3 is 5.97 Å². The van der Waals surface area contributed by atoms with Crippen LogP contribution in [0.5, 0.6) is 0 Å². The number of benzene rings is 1. The molecule has 1 aromatic rings. The minimum atomic E-state index is -0.614. The molecule has 4 aliphatic carbocycles. The van der Waals surface area contributed by atoms with Gasteiger partial charge in [-0.1, -0.05) is 56.7 Å². The van der Waals surface area contributed by atoms with Gasteiger partial charge in [-0.2, -0.15) is 0 Å². The summed E-state index contributed by atoms with van der Waals surface area (Å²) < 4.78 is 5.87. The quantitative estimate of drug-likeness (QED) is 0.319. The number of fused-ring (bicyclic) bond motifs is 3. The number of ether oxygens (including phenoxy) is 1. The molecule has 178 valence electrons. The molecule has 5 rings (SSSR count). The van der Waals surface area contributed by atoms with Crippen LogP contribution < -0.4 is 0 Å². The third-order valence-electron chi connectivity index (χ3n) is 10.3. The molecule has 33 heavy (non-hydrogen) atoms. The van der Waals surface area contributed by atoms with Gasteiger partial charge in [0, 0.05) is 11.5 Å². The molecule has 0 aliphatic heterocycles. The number of hydrogen-bond donors (Lipinski definition) is 1. The average Bonchev–Trinajstić information content (AvgIpc) is 2.95. The number of aliphatic hydroxyl groups is 1. The Kier molecular flexibility index (Phi) is 5.44. The van der Waals surface area contributed by atoms with Crippen molar-refractivity contribution in [2.45, 2.75) is 84.2 Å². The van der Waals surface area contributed by atoms with E-state index in [4.69, 9.17) is 4.74 Å². The van der Waals surface area contributed by atoms with E-state index < -0.39 is 5.60 Å². The lowest BCUT2D eigenvalue weighted by Crippen LogP contribution is -2.58. The Bertz CT molecular complexity index is 977. The van der Waals surface area contributed by atoms with Crippen LogP contribution in [0.2, 0.25) is 0 Å². The fourth-order valence-electron chi connectivity index (χ4n) is 8.78. The molecule has 3 heteroatoms. The summed E-state index contributed by atoms with van der Waals surface area (Å²) in [5.41, 5.74) is 3.20. The van der Waals surface area contributed by atoms with Crippen molar-refractivity contribution in [3.63, 3.8) is 0 Å². The Morgan fingerprint density at radius 1 is 1.12 bits per heavy atom. The van der Waals surface area contributed by atoms with Crippen LogP contribution in [0.1, 0.15) is 82.8 Å². The second-order valence-electron chi connectivity index (χ2n) is 12.4. The molecule has 0 amide bonds. The first-order chi connectivity index (χ1) is 15.6. The Hall–Kier alpha value is -1.87. The van der Waals surface area contributed by atoms with Gasteiger partial charge in [0.15, 0.2) is 0 Å². The molecule has 3 nitrogen and oxygen atoms in total. The van der Waals surface area contributed by atoms with Gasteiger partial charge in [-0.25, -0.2) is 4.79 Å². The predicted octanol–water partition coefficient (Wildman–Crippen LogP) is 6.64. The molecule has 2 bridgehead atoms. The van der Waals surface area contributed by atoms with Crippen LogP contribution >= 0.6 is 0 Å². The fraction of sp³-hybridized carbons (Fsp3) is 0.633. The van der Waals surface area contributed by atoms with E-state index >= 15 is 0 Å². The highest BCUT2D eigenvalue weighted by Gasteiger charge is 2.66. The molecular weight excluding hydrogens is 408 g/mol. The summed E-state index contributed by atoms with van der Waals surface area (Å²) in [5.74, 6) is 0.953. The van der Waals surface area contributed by atoms with Gasteiger partial charge in [-0.3, -0.25) is 0 Å². The van der Waals surface area contributed by atoms with E-state index in [0.29, 0.717) is 18.4 Å². The van der Waals surface area contributed by atoms with E-state index in [1.807, 2.05) is 18.2 Å². The molecule has 0 heterocycles. The van der Waals surface area contributed by atoms with E-state index in [1.54, 1.807) is 6.08 Å². The van der Waals surface area contributed by atoms with Gasteiger partial charge in [0.1, 0.15) is 0 Å². The Morgan fingerprint density at radius 2 is 1.85 bits per heavy atom. The van der Waals surface area contributed by atoms with Gasteiger partial charge in [-0.05, 0) is 98.2 Å². The van der Waals surface area contributed by atoms with Crippen LogP contribution in [0.4, 0.5) is 0 Å². The van der Waals surface area contributed by atoms with E-state index in [1.165, 1.54) is 31.2 Å². The molecule has 1 N–H and O–H groups in total. The topological polar surface area (TPSA) is 46.5 Å². The molecule has 0 radical (unpaired) electrons. The maximum absolute atomic E-state index is 12.6. The van der Waals surface area contributed by atoms with Gasteiger partial charge in [-0.15, -0.1) is 0 Å². The maximum Gasteiger partial charge on any atom is 0.330 e. The Morgan fingerprint density at radius 3 is 2.61 bits per heavy atom. The first-order valence-electron chi connectivity index (χ1n) is 12.9. The fourth-order valence-corrected chi connectivity index (χ4v) is 8.78. The third-order valence-corrected chi connectivity index (χ3v) is 10.3. The molecule has 0 unspecified atom stereocenters. The summed E-state index contributed by atoms with van der Waals surface area (Å²) >= 11 is 0. The minimum absolute atomic E-state index is 0.0192. The average molecular weight is 449 g/mol. The zero-order valence-electron chi connectivity index (χ0n) is 20.7. The highest BCUT2D eigenvalue weighted by molar-refractivity contribution is 5.87. The summed E-state index contributed by atoms with van der Waals surface area (Å²) in [6, 6.07) is 8.15. The van der Waals surface area contributed by atoms with Crippen molar-refractivity contribution in [2.24, 2.45) is 28.1 Å². The van der Waals surface area contributed by atoms with E-state index in [-0.39, 0.29) is 22.2 Å². The van der Waals surface area contributed by atoms with Crippen LogP contribution in [0.3, 0.4) is 0 Å². The summed E-state index contributed by atoms with van der Waals surface area (Å²) in [5, 5.41) is 11.1. The van der Waals surface area contributed by atoms with E-state index in [0.717, 1.165) is 43.2 Å². The van der Waals surface area contributed by atoms with E-state index in [2.05, 4.69) is 39.5 Å². The van der Waals surface area contributed by atoms with Crippen molar-refractivity contribution in [3.05, 3.63) is 53.6 Å². The highest BCUT2D eigenvalue weighted by atomic mass is 16.5. The predicted molar refractivity (Wildman–Crippen MR) is 132 cm³/mol. The van der Waals surface area contributed by atoms with Crippen LogP contribution in [0, 0.1) is 35.0 Å². The second-order valence-corrected chi connectivity index (χ2v) is 12.4. The second kappa shape index (κ2) is 7.83. The number of aryl methyl sites for hydroxylation is 1. The smallest absolute Gasteiger partial charge is 0.330 e. The minimum Gasteiger partial charge on any atom is -0.462 e. The van der Waals surface area contributed by atoms with Crippen LogP contribution in [-0.2, 0) is 9.53 Å². The lowest BCUT2D eigenvalue weighted by molar-refractivity contribution is -0.179. The van der Waals surface area contributed by atoms with Gasteiger partial charge < -0.3 is 9.84 Å². The summed E-state index contributed by atoms with van der Waals surface area (Å²) in [6.07, 6.45) is 13.2. The molecule has 4 saturated carbocycles. The number of hydrogen-bond acceptors (Lipinski definition) is 3. The van der Waals surface area contributed by atoms with Crippen molar-refractivity contribution in [1.82, 2.24) is 0 Å². The van der Waals surface area contributed by atoms with Crippen LogP contribution in [-0.4, -0.2) is 23.3 Å². The SMILES string of the molecule is C=C1C[C@]23CC[C@H]4[C@](C)(COC(=O)/C=C/c5ccc(C)cc5)CCC[C@]4(C)[C@H]2CC[C@@]1(O)C3. The monoisotopic (exact) mass is 448 g/mol. The highest BCUT2D eigenvalue weighted by Crippen LogP contribution is 2.72. The van der Waals surface area contributed by atoms with Crippen LogP contribution in [0.25, 0.3) is 6.08 Å². The first kappa shape index (κ1) is 22.9. The lowest BCUT2D eigenvalue weighted by Gasteiger charge is -2.64. The van der Waals surface area contributed by atoms with Crippen molar-refractivity contribution in [1.29, 1.82) is 0 Å². The van der Waals surface area contributed by atoms with Crippen molar-refractivity contribution in [2.75, 3.05) is 6.61 Å². The number of rotatable bonds is 4. The number of carbonyl (C=O) groups is 1. The molecule has 4 fully saturated rings. The van der Waals surface area contributed by atoms with Crippen molar-refractivity contribution >= 4 is 12.0 Å². The van der Waals surface area contributed by atoms with Crippen LogP contribution in [0.15, 0.2) is 42.5 Å².